The fourth-order valence-electron chi connectivity index (χ4n) is 2.75. The van der Waals surface area contributed by atoms with E-state index >= 15 is 0 Å². The molecule has 3 rings (SSSR count). The third kappa shape index (κ3) is 4.38. The number of nitrogen functional groups attached to an aromatic ring is 1. The first-order valence-corrected chi connectivity index (χ1v) is 8.67. The van der Waals surface area contributed by atoms with Gasteiger partial charge in [-0.1, -0.05) is 0 Å². The molecule has 1 heterocycles. The number of nitriles is 1. The summed E-state index contributed by atoms with van der Waals surface area (Å²) in [5.74, 6) is -2.93. The molecule has 29 heavy (non-hydrogen) atoms. The lowest BCUT2D eigenvalue weighted by Crippen LogP contribution is -2.25. The molecule has 0 radical (unpaired) electrons. The Morgan fingerprint density at radius 1 is 1.14 bits per heavy atom. The topological polar surface area (TPSA) is 96.7 Å². The van der Waals surface area contributed by atoms with Gasteiger partial charge in [0.15, 0.2) is 11.6 Å². The van der Waals surface area contributed by atoms with Crippen LogP contribution in [0.15, 0.2) is 42.5 Å². The van der Waals surface area contributed by atoms with Gasteiger partial charge in [-0.3, -0.25) is 4.79 Å². The van der Waals surface area contributed by atoms with Crippen LogP contribution >= 0.6 is 0 Å². The van der Waals surface area contributed by atoms with Crippen molar-refractivity contribution in [1.29, 1.82) is 5.26 Å². The monoisotopic (exact) mass is 399 g/mol. The molecule has 1 aromatic heterocycles. The second kappa shape index (κ2) is 8.48. The van der Waals surface area contributed by atoms with E-state index in [1.165, 1.54) is 35.0 Å². The summed E-state index contributed by atoms with van der Waals surface area (Å²) >= 11 is 0. The van der Waals surface area contributed by atoms with Crippen molar-refractivity contribution in [2.75, 3.05) is 12.3 Å². The van der Waals surface area contributed by atoms with Crippen LogP contribution in [0.1, 0.15) is 28.0 Å². The van der Waals surface area contributed by atoms with E-state index in [0.29, 0.717) is 24.2 Å². The van der Waals surface area contributed by atoms with E-state index in [-0.39, 0.29) is 23.5 Å². The van der Waals surface area contributed by atoms with E-state index in [1.807, 2.05) is 6.07 Å². The lowest BCUT2D eigenvalue weighted by atomic mass is 10.1. The molecule has 0 spiro atoms. The van der Waals surface area contributed by atoms with Gasteiger partial charge in [0.1, 0.15) is 23.3 Å². The van der Waals surface area contributed by atoms with Crippen LogP contribution in [0.3, 0.4) is 0 Å². The third-order valence-corrected chi connectivity index (χ3v) is 4.23. The number of rotatable bonds is 6. The molecule has 0 bridgehead atoms. The number of aryl methyl sites for hydroxylation is 1. The van der Waals surface area contributed by atoms with Crippen molar-refractivity contribution in [3.63, 3.8) is 0 Å². The van der Waals surface area contributed by atoms with Crippen LogP contribution < -0.4 is 11.1 Å². The van der Waals surface area contributed by atoms with E-state index < -0.39 is 23.4 Å². The van der Waals surface area contributed by atoms with Crippen LogP contribution in [0, 0.1) is 28.8 Å². The molecule has 0 saturated heterocycles. The van der Waals surface area contributed by atoms with Crippen LogP contribution in [0.2, 0.25) is 0 Å². The molecule has 3 aromatic rings. The maximum Gasteiger partial charge on any atom is 0.251 e. The highest BCUT2D eigenvalue weighted by Crippen LogP contribution is 2.21. The SMILES string of the molecule is N#Cc1c(CCCNC(=O)c2ccc(F)c(F)c2)nn(-c2ccc(F)cc2)c1N. The predicted octanol–water partition coefficient (Wildman–Crippen LogP) is 3.11. The minimum Gasteiger partial charge on any atom is -0.382 e. The second-order valence-corrected chi connectivity index (χ2v) is 6.20. The molecule has 6 nitrogen and oxygen atoms in total. The molecule has 148 valence electrons. The molecule has 0 aliphatic heterocycles. The average Bonchev–Trinajstić information content (AvgIpc) is 3.03. The van der Waals surface area contributed by atoms with Gasteiger partial charge < -0.3 is 11.1 Å². The minimum absolute atomic E-state index is 0.00597. The summed E-state index contributed by atoms with van der Waals surface area (Å²) in [7, 11) is 0. The Kier molecular flexibility index (Phi) is 5.83. The summed E-state index contributed by atoms with van der Waals surface area (Å²) in [6.07, 6.45) is 0.781. The summed E-state index contributed by atoms with van der Waals surface area (Å²) in [6, 6.07) is 10.4. The number of nitrogens with zero attached hydrogens (tertiary/aromatic N) is 3. The van der Waals surface area contributed by atoms with Gasteiger partial charge in [-0.2, -0.15) is 10.4 Å². The first-order chi connectivity index (χ1) is 13.9. The van der Waals surface area contributed by atoms with Gasteiger partial charge in [-0.05, 0) is 55.3 Å². The van der Waals surface area contributed by atoms with Gasteiger partial charge >= 0.3 is 0 Å². The number of hydrogen-bond acceptors (Lipinski definition) is 4. The zero-order chi connectivity index (χ0) is 21.0. The smallest absolute Gasteiger partial charge is 0.251 e. The number of amides is 1. The molecular formula is C20H16F3N5O. The molecule has 1 amide bonds. The lowest BCUT2D eigenvalue weighted by Gasteiger charge is -2.05. The van der Waals surface area contributed by atoms with E-state index in [1.54, 1.807) is 0 Å². The Morgan fingerprint density at radius 3 is 2.52 bits per heavy atom. The number of aromatic nitrogens is 2. The molecule has 9 heteroatoms. The van der Waals surface area contributed by atoms with Gasteiger partial charge in [0.25, 0.3) is 5.91 Å². The zero-order valence-electron chi connectivity index (χ0n) is 15.1. The highest BCUT2D eigenvalue weighted by atomic mass is 19.2. The quantitative estimate of drug-likeness (QED) is 0.623. The number of anilines is 1. The van der Waals surface area contributed by atoms with Crippen LogP contribution in [0.4, 0.5) is 19.0 Å². The Hall–Kier alpha value is -3.80. The van der Waals surface area contributed by atoms with Crippen molar-refractivity contribution in [1.82, 2.24) is 15.1 Å². The molecule has 0 unspecified atom stereocenters. The number of benzene rings is 2. The highest BCUT2D eigenvalue weighted by molar-refractivity contribution is 5.94. The van der Waals surface area contributed by atoms with Crippen LogP contribution in [-0.4, -0.2) is 22.2 Å². The van der Waals surface area contributed by atoms with Crippen LogP contribution in [-0.2, 0) is 6.42 Å². The van der Waals surface area contributed by atoms with Crippen LogP contribution in [0.5, 0.6) is 0 Å². The van der Waals surface area contributed by atoms with Crippen molar-refractivity contribution in [3.05, 3.63) is 76.7 Å². The summed E-state index contributed by atoms with van der Waals surface area (Å²) in [6.45, 7) is 0.228. The normalized spacial score (nSPS) is 10.6. The molecule has 3 N–H and O–H groups in total. The zero-order valence-corrected chi connectivity index (χ0v) is 15.1. The molecule has 0 saturated carbocycles. The number of carbonyl (C=O) groups is 1. The van der Waals surface area contributed by atoms with Crippen molar-refractivity contribution in [2.24, 2.45) is 0 Å². The molecular weight excluding hydrogens is 383 g/mol. The second-order valence-electron chi connectivity index (χ2n) is 6.20. The number of nitrogens with one attached hydrogen (secondary N) is 1. The summed E-state index contributed by atoms with van der Waals surface area (Å²) in [4.78, 5) is 12.0. The number of hydrogen-bond donors (Lipinski definition) is 2. The Labute approximate surface area is 164 Å². The van der Waals surface area contributed by atoms with E-state index in [2.05, 4.69) is 10.4 Å². The number of carbonyl (C=O) groups excluding carboxylic acids is 1. The third-order valence-electron chi connectivity index (χ3n) is 4.23. The fraction of sp³-hybridized carbons (Fsp3) is 0.150. The summed E-state index contributed by atoms with van der Waals surface area (Å²) < 4.78 is 40.6. The highest BCUT2D eigenvalue weighted by Gasteiger charge is 2.16. The number of nitrogens with two attached hydrogens (primary N) is 1. The van der Waals surface area contributed by atoms with E-state index in [0.717, 1.165) is 12.1 Å². The lowest BCUT2D eigenvalue weighted by molar-refractivity contribution is 0.0952. The van der Waals surface area contributed by atoms with Gasteiger partial charge in [-0.15, -0.1) is 0 Å². The standard InChI is InChI=1S/C20H16F3N5O/c21-13-4-6-14(7-5-13)28-19(25)15(11-24)18(27-28)2-1-9-26-20(29)12-3-8-16(22)17(23)10-12/h3-8,10H,1-2,9,25H2,(H,26,29). The number of halogens is 3. The van der Waals surface area contributed by atoms with Crippen molar-refractivity contribution in [3.8, 4) is 11.8 Å². The fourth-order valence-corrected chi connectivity index (χ4v) is 2.75. The van der Waals surface area contributed by atoms with Crippen molar-refractivity contribution >= 4 is 11.7 Å². The molecule has 0 aliphatic carbocycles. The summed E-state index contributed by atoms with van der Waals surface area (Å²) in [5.41, 5.74) is 7.16. The molecule has 0 atom stereocenters. The Balaban J connectivity index is 1.64. The van der Waals surface area contributed by atoms with E-state index in [4.69, 9.17) is 5.73 Å². The maximum atomic E-state index is 13.2. The van der Waals surface area contributed by atoms with Crippen LogP contribution in [0.25, 0.3) is 5.69 Å². The molecule has 0 aliphatic rings. The first-order valence-electron chi connectivity index (χ1n) is 8.67. The Morgan fingerprint density at radius 2 is 1.86 bits per heavy atom. The first kappa shape index (κ1) is 19.9. The molecule has 0 fully saturated rings. The van der Waals surface area contributed by atoms with Gasteiger partial charge in [0.05, 0.1) is 11.4 Å². The Bertz CT molecular complexity index is 1090. The predicted molar refractivity (Wildman–Crippen MR) is 99.7 cm³/mol. The van der Waals surface area contributed by atoms with Gasteiger partial charge in [0.2, 0.25) is 0 Å². The molecule has 2 aromatic carbocycles. The van der Waals surface area contributed by atoms with Crippen molar-refractivity contribution in [2.45, 2.75) is 12.8 Å². The average molecular weight is 399 g/mol. The van der Waals surface area contributed by atoms with E-state index in [9.17, 15) is 23.2 Å². The maximum absolute atomic E-state index is 13.2. The minimum atomic E-state index is -1.10. The van der Waals surface area contributed by atoms with Crippen molar-refractivity contribution < 1.29 is 18.0 Å². The van der Waals surface area contributed by atoms with Gasteiger partial charge in [-0.25, -0.2) is 17.9 Å². The van der Waals surface area contributed by atoms with Gasteiger partial charge in [0, 0.05) is 12.1 Å². The summed E-state index contributed by atoms with van der Waals surface area (Å²) in [5, 5.41) is 16.3. The largest absolute Gasteiger partial charge is 0.382 e.